The highest BCUT2D eigenvalue weighted by Crippen LogP contribution is 2.35. The fourth-order valence-electron chi connectivity index (χ4n) is 2.54. The average molecular weight is 373 g/mol. The van der Waals surface area contributed by atoms with Crippen LogP contribution in [0.15, 0.2) is 23.2 Å². The van der Waals surface area contributed by atoms with Crippen molar-refractivity contribution in [3.8, 4) is 0 Å². The molecular weight excluding hydrogens is 359 g/mol. The summed E-state index contributed by atoms with van der Waals surface area (Å²) < 4.78 is 0. The number of benzene rings is 1. The molecule has 2 aromatic rings. The van der Waals surface area contributed by atoms with Crippen LogP contribution in [0, 0.1) is 0 Å². The quantitative estimate of drug-likeness (QED) is 0.853. The van der Waals surface area contributed by atoms with Crippen molar-refractivity contribution in [2.45, 2.75) is 23.1 Å². The van der Waals surface area contributed by atoms with Gasteiger partial charge in [-0.05, 0) is 31.0 Å². The minimum absolute atomic E-state index is 0.0512. The van der Waals surface area contributed by atoms with Crippen molar-refractivity contribution in [2.75, 3.05) is 18.0 Å². The van der Waals surface area contributed by atoms with Crippen LogP contribution in [0.1, 0.15) is 23.3 Å². The van der Waals surface area contributed by atoms with Crippen LogP contribution in [0.25, 0.3) is 0 Å². The second-order valence-corrected chi connectivity index (χ2v) is 7.33. The number of aromatic amines is 1. The van der Waals surface area contributed by atoms with E-state index in [0.29, 0.717) is 20.3 Å². The smallest absolute Gasteiger partial charge is 0.356 e. The number of thioether (sulfide) groups is 1. The zero-order valence-electron chi connectivity index (χ0n) is 12.0. The van der Waals surface area contributed by atoms with E-state index in [9.17, 15) is 4.79 Å². The van der Waals surface area contributed by atoms with Crippen LogP contribution >= 0.6 is 35.0 Å². The second-order valence-electron chi connectivity index (χ2n) is 5.20. The van der Waals surface area contributed by atoms with Gasteiger partial charge in [0.2, 0.25) is 0 Å². The number of aromatic nitrogens is 3. The summed E-state index contributed by atoms with van der Waals surface area (Å²) in [6.07, 6.45) is 1.80. The molecule has 0 bridgehead atoms. The van der Waals surface area contributed by atoms with E-state index in [1.165, 1.54) is 11.8 Å². The van der Waals surface area contributed by atoms with Crippen molar-refractivity contribution < 1.29 is 9.90 Å². The molecular formula is C14H14Cl2N4O2S. The number of nitrogens with one attached hydrogen (secondary N) is 1. The number of anilines is 1. The third-order valence-corrected chi connectivity index (χ3v) is 5.57. The fourth-order valence-corrected chi connectivity index (χ4v) is 4.05. The van der Waals surface area contributed by atoms with Gasteiger partial charge in [0.1, 0.15) is 0 Å². The molecule has 23 heavy (non-hydrogen) atoms. The predicted molar refractivity (Wildman–Crippen MR) is 90.9 cm³/mol. The lowest BCUT2D eigenvalue weighted by molar-refractivity contribution is 0.0686. The second kappa shape index (κ2) is 6.98. The maximum absolute atomic E-state index is 11.1. The van der Waals surface area contributed by atoms with Crippen LogP contribution in [0.4, 0.5) is 5.69 Å². The molecule has 0 saturated carbocycles. The van der Waals surface area contributed by atoms with Gasteiger partial charge >= 0.3 is 5.97 Å². The van der Waals surface area contributed by atoms with Crippen LogP contribution in [0.3, 0.4) is 0 Å². The van der Waals surface area contributed by atoms with E-state index in [0.717, 1.165) is 31.6 Å². The zero-order chi connectivity index (χ0) is 16.4. The van der Waals surface area contributed by atoms with Gasteiger partial charge in [-0.15, -0.1) is 5.10 Å². The maximum atomic E-state index is 11.1. The number of rotatable bonds is 4. The Morgan fingerprint density at radius 1 is 1.35 bits per heavy atom. The van der Waals surface area contributed by atoms with Crippen molar-refractivity contribution in [1.82, 2.24) is 15.4 Å². The number of nitrogens with zero attached hydrogens (tertiary/aromatic N) is 3. The van der Waals surface area contributed by atoms with Crippen molar-refractivity contribution >= 4 is 46.6 Å². The number of H-pyrrole nitrogens is 1. The number of carboxylic acids is 1. The van der Waals surface area contributed by atoms with Crippen LogP contribution in [-0.2, 0) is 0 Å². The summed E-state index contributed by atoms with van der Waals surface area (Å²) >= 11 is 13.7. The summed E-state index contributed by atoms with van der Waals surface area (Å²) in [7, 11) is 0. The number of carboxylic acid groups (broad SMARTS) is 1. The van der Waals surface area contributed by atoms with Crippen LogP contribution < -0.4 is 4.90 Å². The van der Waals surface area contributed by atoms with E-state index < -0.39 is 5.97 Å². The van der Waals surface area contributed by atoms with E-state index in [1.54, 1.807) is 12.1 Å². The summed E-state index contributed by atoms with van der Waals surface area (Å²) in [5.41, 5.74) is 0.991. The molecule has 1 aromatic heterocycles. The largest absolute Gasteiger partial charge is 0.476 e. The lowest BCUT2D eigenvalue weighted by atomic mass is 10.1. The highest BCUT2D eigenvalue weighted by Gasteiger charge is 2.25. The molecule has 0 atom stereocenters. The molecule has 0 unspecified atom stereocenters. The number of piperidine rings is 1. The van der Waals surface area contributed by atoms with Gasteiger partial charge in [0, 0.05) is 23.4 Å². The average Bonchev–Trinajstić information content (AvgIpc) is 2.99. The SMILES string of the molecule is O=C(O)c1[nH]nnc1SC1CCN(c2cc(Cl)ccc2Cl)CC1. The number of hydrogen-bond donors (Lipinski definition) is 2. The van der Waals surface area contributed by atoms with E-state index in [2.05, 4.69) is 20.3 Å². The van der Waals surface area contributed by atoms with Gasteiger partial charge < -0.3 is 10.0 Å². The van der Waals surface area contributed by atoms with E-state index in [1.807, 2.05) is 6.07 Å². The van der Waals surface area contributed by atoms with Gasteiger partial charge in [-0.25, -0.2) is 4.79 Å². The first-order chi connectivity index (χ1) is 11.0. The Morgan fingerprint density at radius 3 is 2.78 bits per heavy atom. The number of aromatic carboxylic acids is 1. The molecule has 1 aliphatic heterocycles. The molecule has 2 heterocycles. The fraction of sp³-hybridized carbons (Fsp3) is 0.357. The summed E-state index contributed by atoms with van der Waals surface area (Å²) in [6, 6.07) is 5.44. The first-order valence-electron chi connectivity index (χ1n) is 7.05. The Kier molecular flexibility index (Phi) is 4.99. The third kappa shape index (κ3) is 3.73. The van der Waals surface area contributed by atoms with Gasteiger partial charge in [0.05, 0.1) is 10.7 Å². The van der Waals surface area contributed by atoms with Gasteiger partial charge in [0.25, 0.3) is 0 Å². The van der Waals surface area contributed by atoms with Crippen molar-refractivity contribution in [1.29, 1.82) is 0 Å². The summed E-state index contributed by atoms with van der Waals surface area (Å²) in [5, 5.41) is 21.0. The summed E-state index contributed by atoms with van der Waals surface area (Å²) in [6.45, 7) is 1.66. The zero-order valence-corrected chi connectivity index (χ0v) is 14.3. The Hall–Kier alpha value is -1.44. The van der Waals surface area contributed by atoms with Crippen LogP contribution in [-0.4, -0.2) is 44.8 Å². The Labute approximate surface area is 147 Å². The monoisotopic (exact) mass is 372 g/mol. The molecule has 1 aliphatic rings. The molecule has 122 valence electrons. The van der Waals surface area contributed by atoms with Crippen molar-refractivity contribution in [2.24, 2.45) is 0 Å². The molecule has 1 fully saturated rings. The first-order valence-corrected chi connectivity index (χ1v) is 8.69. The van der Waals surface area contributed by atoms with Gasteiger partial charge in [0.15, 0.2) is 10.7 Å². The van der Waals surface area contributed by atoms with Crippen molar-refractivity contribution in [3.05, 3.63) is 33.9 Å². The number of halogens is 2. The van der Waals surface area contributed by atoms with E-state index in [4.69, 9.17) is 28.3 Å². The molecule has 1 aromatic carbocycles. The van der Waals surface area contributed by atoms with Crippen LogP contribution in [0.2, 0.25) is 10.0 Å². The highest BCUT2D eigenvalue weighted by atomic mass is 35.5. The normalized spacial score (nSPS) is 15.8. The van der Waals surface area contributed by atoms with E-state index >= 15 is 0 Å². The molecule has 9 heteroatoms. The lowest BCUT2D eigenvalue weighted by Gasteiger charge is -2.33. The minimum Gasteiger partial charge on any atom is -0.476 e. The third-order valence-electron chi connectivity index (χ3n) is 3.70. The first kappa shape index (κ1) is 16.4. The maximum Gasteiger partial charge on any atom is 0.356 e. The molecule has 1 saturated heterocycles. The van der Waals surface area contributed by atoms with Gasteiger partial charge in [-0.2, -0.15) is 0 Å². The van der Waals surface area contributed by atoms with Crippen LogP contribution in [0.5, 0.6) is 0 Å². The Morgan fingerprint density at radius 2 is 2.09 bits per heavy atom. The van der Waals surface area contributed by atoms with Gasteiger partial charge in [-0.1, -0.05) is 40.2 Å². The molecule has 0 radical (unpaired) electrons. The predicted octanol–water partition coefficient (Wildman–Crippen LogP) is 3.57. The lowest BCUT2D eigenvalue weighted by Crippen LogP contribution is -2.35. The highest BCUT2D eigenvalue weighted by molar-refractivity contribution is 7.99. The Bertz CT molecular complexity index is 717. The summed E-state index contributed by atoms with van der Waals surface area (Å²) in [5.74, 6) is -1.04. The number of carbonyl (C=O) groups is 1. The Balaban J connectivity index is 1.63. The minimum atomic E-state index is -1.04. The number of hydrogen-bond acceptors (Lipinski definition) is 5. The van der Waals surface area contributed by atoms with Gasteiger partial charge in [-0.3, -0.25) is 5.10 Å². The molecule has 2 N–H and O–H groups in total. The topological polar surface area (TPSA) is 82.1 Å². The van der Waals surface area contributed by atoms with Crippen molar-refractivity contribution in [3.63, 3.8) is 0 Å². The summed E-state index contributed by atoms with van der Waals surface area (Å²) in [4.78, 5) is 13.3. The molecule has 0 amide bonds. The molecule has 3 rings (SSSR count). The van der Waals surface area contributed by atoms with E-state index in [-0.39, 0.29) is 5.69 Å². The molecule has 0 spiro atoms. The standard InChI is InChI=1S/C14H14Cl2N4O2S/c15-8-1-2-10(16)11(7-8)20-5-3-9(4-6-20)23-13-12(14(21)22)17-19-18-13/h1-2,7,9H,3-6H2,(H,21,22)(H,17,18,19). The molecule has 0 aliphatic carbocycles. The molecule has 6 nitrogen and oxygen atoms in total.